The van der Waals surface area contributed by atoms with Gasteiger partial charge in [0.25, 0.3) is 0 Å². The highest BCUT2D eigenvalue weighted by Gasteiger charge is 2.30. The van der Waals surface area contributed by atoms with E-state index in [0.717, 1.165) is 257 Å². The summed E-state index contributed by atoms with van der Waals surface area (Å²) >= 11 is 0. The molecule has 0 saturated carbocycles. The molecule has 0 amide bonds. The van der Waals surface area contributed by atoms with Crippen molar-refractivity contribution in [1.82, 2.24) is 0 Å². The fourth-order valence-electron chi connectivity index (χ4n) is 11.2. The maximum absolute atomic E-state index is 13.2. The van der Waals surface area contributed by atoms with E-state index in [2.05, 4.69) is 198 Å². The fourth-order valence-corrected chi connectivity index (χ4v) is 12.8. The molecule has 0 rings (SSSR count). The number of carbonyl (C=O) groups is 4. The number of rotatable bonds is 80. The molecule has 17 nitrogen and oxygen atoms in total. The first-order chi connectivity index (χ1) is 54.7. The summed E-state index contributed by atoms with van der Waals surface area (Å²) in [5, 5.41) is 10.7. The van der Waals surface area contributed by atoms with Crippen LogP contribution in [0.1, 0.15) is 336 Å². The first kappa shape index (κ1) is 106. The average Bonchev–Trinajstić information content (AvgIpc) is 0.898. The zero-order valence-corrected chi connectivity index (χ0v) is 71.8. The van der Waals surface area contributed by atoms with Gasteiger partial charge in [0, 0.05) is 25.7 Å². The standard InChI is InChI=1S/C93H154O17P2/c1-5-9-13-17-21-25-29-33-37-41-43-47-50-54-58-62-66-70-74-78-91(96)104-84-89(110-93(98)80-76-72-68-64-60-56-52-48-44-42-38-34-30-26-22-18-14-10-6-2)86-108-112(101,102)106-82-87(94)81-105-111(99,100)107-85-88(109-92(97)79-75-71-67-63-59-55-51-46-40-36-32-28-24-20-16-12-8-4)83-103-90(95)77-73-69-65-61-57-53-49-45-39-35-31-27-23-19-15-11-7-3/h9-16,21-28,33-40,43-44,47-48,87-89,94H,5-8,17-20,29-32,41-42,45-46,49-86H2,1-4H3,(H,99,100)(H,101,102)/b13-9-,14-10-,15-11-,16-12-,25-21-,26-22-,27-23-,28-24-,37-33-,38-34-,39-35-,40-36-,47-43-,48-44-. The average molecular weight is 1610 g/mol. The van der Waals surface area contributed by atoms with E-state index in [0.29, 0.717) is 25.7 Å². The number of hydrogen-bond donors (Lipinski definition) is 3. The van der Waals surface area contributed by atoms with Gasteiger partial charge in [0.1, 0.15) is 19.3 Å². The third kappa shape index (κ3) is 82.4. The van der Waals surface area contributed by atoms with Crippen LogP contribution in [0.5, 0.6) is 0 Å². The highest BCUT2D eigenvalue weighted by atomic mass is 31.2. The lowest BCUT2D eigenvalue weighted by Crippen LogP contribution is -2.30. The van der Waals surface area contributed by atoms with Crippen LogP contribution in [0.3, 0.4) is 0 Å². The molecule has 0 aliphatic heterocycles. The van der Waals surface area contributed by atoms with Gasteiger partial charge >= 0.3 is 39.5 Å². The van der Waals surface area contributed by atoms with E-state index in [1.165, 1.54) is 0 Å². The number of carbonyl (C=O) groups excluding carboxylic acids is 4. The number of aliphatic hydroxyl groups excluding tert-OH is 1. The van der Waals surface area contributed by atoms with Crippen molar-refractivity contribution >= 4 is 39.5 Å². The second-order valence-corrected chi connectivity index (χ2v) is 31.2. The Morgan fingerprint density at radius 3 is 0.670 bits per heavy atom. The van der Waals surface area contributed by atoms with Gasteiger partial charge in [0.2, 0.25) is 0 Å². The lowest BCUT2D eigenvalue weighted by molar-refractivity contribution is -0.161. The molecule has 0 saturated heterocycles. The Bertz CT molecular complexity index is 2790. The Morgan fingerprint density at radius 2 is 0.438 bits per heavy atom. The number of esters is 4. The molecule has 0 spiro atoms. The predicted molar refractivity (Wildman–Crippen MR) is 463 cm³/mol. The molecule has 5 atom stereocenters. The molecule has 0 aromatic rings. The summed E-state index contributed by atoms with van der Waals surface area (Å²) in [4.78, 5) is 73.4. The summed E-state index contributed by atoms with van der Waals surface area (Å²) in [5.74, 6) is -2.23. The Morgan fingerprint density at radius 1 is 0.250 bits per heavy atom. The van der Waals surface area contributed by atoms with Crippen molar-refractivity contribution in [3.8, 4) is 0 Å². The molecule has 5 unspecified atom stereocenters. The minimum atomic E-state index is -5.00. The van der Waals surface area contributed by atoms with Crippen LogP contribution in [0.15, 0.2) is 170 Å². The smallest absolute Gasteiger partial charge is 0.462 e. The molecule has 0 aromatic heterocycles. The molecule has 0 fully saturated rings. The second-order valence-electron chi connectivity index (χ2n) is 28.3. The van der Waals surface area contributed by atoms with Crippen molar-refractivity contribution in [2.24, 2.45) is 0 Å². The number of unbranched alkanes of at least 4 members (excludes halogenated alkanes) is 26. The van der Waals surface area contributed by atoms with E-state index in [-0.39, 0.29) is 25.7 Å². The molecule has 638 valence electrons. The van der Waals surface area contributed by atoms with Crippen molar-refractivity contribution in [2.45, 2.75) is 354 Å². The largest absolute Gasteiger partial charge is 0.472 e. The zero-order valence-electron chi connectivity index (χ0n) is 70.0. The highest BCUT2D eigenvalue weighted by Crippen LogP contribution is 2.45. The van der Waals surface area contributed by atoms with Gasteiger partial charge in [-0.2, -0.15) is 0 Å². The Hall–Kier alpha value is -5.58. The summed E-state index contributed by atoms with van der Waals surface area (Å²) in [7, 11) is -10.00. The fraction of sp³-hybridized carbons (Fsp3) is 0.656. The molecule has 112 heavy (non-hydrogen) atoms. The third-order valence-corrected chi connectivity index (χ3v) is 19.6. The number of phosphoric ester groups is 2. The molecule has 19 heteroatoms. The van der Waals surface area contributed by atoms with Gasteiger partial charge in [-0.1, -0.05) is 313 Å². The lowest BCUT2D eigenvalue weighted by atomic mass is 10.1. The number of aliphatic hydroxyl groups is 1. The summed E-state index contributed by atoms with van der Waals surface area (Å²) in [6.07, 6.45) is 100. The van der Waals surface area contributed by atoms with Gasteiger partial charge in [-0.25, -0.2) is 9.13 Å². The SMILES string of the molecule is CC/C=C\C/C=C\C/C=C\C/C=C\CCCCCCCCC(=O)OCC(COP(=O)(O)OCC(O)COP(=O)(O)OCC(COC(=O)CCCCCCCCC/C=C\C/C=C\C/C=C\CC)OC(=O)CCCCCCCCC/C=C\C/C=C\C/C=C\CC)OC(=O)CCCCCCCC/C=C\C/C=C\C/C=C\C/C=C\CC. The van der Waals surface area contributed by atoms with E-state index in [1.54, 1.807) is 0 Å². The van der Waals surface area contributed by atoms with Crippen LogP contribution in [0, 0.1) is 0 Å². The molecule has 3 N–H and O–H groups in total. The lowest BCUT2D eigenvalue weighted by Gasteiger charge is -2.21. The molecule has 0 bridgehead atoms. The molecule has 0 aliphatic carbocycles. The number of phosphoric acid groups is 2. The Balaban J connectivity index is 5.44. The molecule has 0 aromatic carbocycles. The normalized spacial score (nSPS) is 14.6. The van der Waals surface area contributed by atoms with Crippen molar-refractivity contribution in [3.63, 3.8) is 0 Å². The van der Waals surface area contributed by atoms with Crippen LogP contribution < -0.4 is 0 Å². The minimum absolute atomic E-state index is 0.0697. The maximum Gasteiger partial charge on any atom is 0.472 e. The van der Waals surface area contributed by atoms with Crippen molar-refractivity contribution in [2.75, 3.05) is 39.6 Å². The van der Waals surface area contributed by atoms with Crippen LogP contribution in [-0.2, 0) is 65.4 Å². The quantitative estimate of drug-likeness (QED) is 0.0169. The second kappa shape index (κ2) is 83.4. The Kier molecular flexibility index (Phi) is 79.2. The van der Waals surface area contributed by atoms with Crippen LogP contribution in [0.4, 0.5) is 0 Å². The molecule has 0 aliphatic rings. The van der Waals surface area contributed by atoms with E-state index < -0.39 is 97.5 Å². The summed E-state index contributed by atoms with van der Waals surface area (Å²) < 4.78 is 68.9. The van der Waals surface area contributed by atoms with Gasteiger partial charge in [-0.15, -0.1) is 0 Å². The van der Waals surface area contributed by atoms with Crippen molar-refractivity contribution in [1.29, 1.82) is 0 Å². The van der Waals surface area contributed by atoms with E-state index in [4.69, 9.17) is 37.0 Å². The number of hydrogen-bond acceptors (Lipinski definition) is 15. The highest BCUT2D eigenvalue weighted by molar-refractivity contribution is 7.47. The minimum Gasteiger partial charge on any atom is -0.462 e. The summed E-state index contributed by atoms with van der Waals surface area (Å²) in [5.41, 5.74) is 0. The first-order valence-corrected chi connectivity index (χ1v) is 46.4. The van der Waals surface area contributed by atoms with Crippen LogP contribution in [0.25, 0.3) is 0 Å². The van der Waals surface area contributed by atoms with Crippen molar-refractivity contribution in [3.05, 3.63) is 170 Å². The van der Waals surface area contributed by atoms with Crippen LogP contribution >= 0.6 is 15.6 Å². The monoisotopic (exact) mass is 1610 g/mol. The molecular formula is C93H154O17P2. The number of allylic oxidation sites excluding steroid dienone is 28. The van der Waals surface area contributed by atoms with E-state index in [9.17, 15) is 43.2 Å². The van der Waals surface area contributed by atoms with Crippen LogP contribution in [-0.4, -0.2) is 96.7 Å². The molecule has 0 heterocycles. The van der Waals surface area contributed by atoms with Crippen molar-refractivity contribution < 1.29 is 80.2 Å². The first-order valence-electron chi connectivity index (χ1n) is 43.4. The summed E-state index contributed by atoms with van der Waals surface area (Å²) in [6.45, 7) is 4.41. The van der Waals surface area contributed by atoms with E-state index >= 15 is 0 Å². The maximum atomic E-state index is 13.2. The van der Waals surface area contributed by atoms with Gasteiger partial charge in [-0.3, -0.25) is 37.3 Å². The van der Waals surface area contributed by atoms with E-state index in [1.807, 2.05) is 0 Å². The predicted octanol–water partition coefficient (Wildman–Crippen LogP) is 26.1. The molecular weight excluding hydrogens is 1450 g/mol. The third-order valence-electron chi connectivity index (χ3n) is 17.7. The van der Waals surface area contributed by atoms with Gasteiger partial charge in [0.05, 0.1) is 26.4 Å². The number of ether oxygens (including phenoxy) is 4. The van der Waals surface area contributed by atoms with Gasteiger partial charge in [0.15, 0.2) is 12.2 Å². The van der Waals surface area contributed by atoms with Gasteiger partial charge in [-0.05, 0) is 167 Å². The van der Waals surface area contributed by atoms with Gasteiger partial charge < -0.3 is 33.8 Å². The topological polar surface area (TPSA) is 237 Å². The van der Waals surface area contributed by atoms with Crippen LogP contribution in [0.2, 0.25) is 0 Å². The Labute approximate surface area is 680 Å². The summed E-state index contributed by atoms with van der Waals surface area (Å²) in [6, 6.07) is 0. The zero-order chi connectivity index (χ0) is 81.7. The molecule has 0 radical (unpaired) electrons.